The van der Waals surface area contributed by atoms with Crippen molar-refractivity contribution in [3.8, 4) is 5.75 Å². The molecule has 1 aromatic carbocycles. The molecule has 0 aliphatic carbocycles. The minimum atomic E-state index is 0.0662. The van der Waals surface area contributed by atoms with E-state index in [9.17, 15) is 4.79 Å². The zero-order chi connectivity index (χ0) is 14.4. The Labute approximate surface area is 121 Å². The number of anilines is 1. The second-order valence-electron chi connectivity index (χ2n) is 5.44. The third-order valence-electron chi connectivity index (χ3n) is 3.58. The quantitative estimate of drug-likeness (QED) is 0.899. The fraction of sp³-hybridized carbons (Fsp3) is 0.562. The van der Waals surface area contributed by atoms with E-state index in [1.54, 1.807) is 0 Å². The number of rotatable bonds is 5. The van der Waals surface area contributed by atoms with Gasteiger partial charge in [-0.1, -0.05) is 6.92 Å². The molecule has 1 N–H and O–H groups in total. The van der Waals surface area contributed by atoms with Crippen LogP contribution in [-0.2, 0) is 4.79 Å². The van der Waals surface area contributed by atoms with Crippen LogP contribution in [0.1, 0.15) is 32.6 Å². The summed E-state index contributed by atoms with van der Waals surface area (Å²) in [5.41, 5.74) is 0.833. The SMILES string of the molecule is CCCC(=O)Nc1ccc(OC2CCN(C)CC2)cc1. The fourth-order valence-electron chi connectivity index (χ4n) is 2.36. The minimum absolute atomic E-state index is 0.0662. The van der Waals surface area contributed by atoms with Crippen molar-refractivity contribution in [1.29, 1.82) is 0 Å². The highest BCUT2D eigenvalue weighted by molar-refractivity contribution is 5.90. The monoisotopic (exact) mass is 276 g/mol. The van der Waals surface area contributed by atoms with Gasteiger partial charge in [-0.15, -0.1) is 0 Å². The van der Waals surface area contributed by atoms with Crippen molar-refractivity contribution in [3.63, 3.8) is 0 Å². The molecule has 1 heterocycles. The number of carbonyl (C=O) groups excluding carboxylic acids is 1. The van der Waals surface area contributed by atoms with Gasteiger partial charge in [0, 0.05) is 25.2 Å². The van der Waals surface area contributed by atoms with Gasteiger partial charge in [-0.2, -0.15) is 0 Å². The molecule has 4 heteroatoms. The van der Waals surface area contributed by atoms with E-state index in [2.05, 4.69) is 17.3 Å². The summed E-state index contributed by atoms with van der Waals surface area (Å²) in [7, 11) is 2.14. The first-order valence-electron chi connectivity index (χ1n) is 7.42. The van der Waals surface area contributed by atoms with Crippen LogP contribution in [0.25, 0.3) is 0 Å². The number of piperidine rings is 1. The van der Waals surface area contributed by atoms with Crippen molar-refractivity contribution in [2.75, 3.05) is 25.5 Å². The molecule has 1 fully saturated rings. The topological polar surface area (TPSA) is 41.6 Å². The summed E-state index contributed by atoms with van der Waals surface area (Å²) in [6.45, 7) is 4.18. The predicted molar refractivity (Wildman–Crippen MR) is 81.1 cm³/mol. The van der Waals surface area contributed by atoms with E-state index in [1.165, 1.54) is 0 Å². The maximum Gasteiger partial charge on any atom is 0.224 e. The van der Waals surface area contributed by atoms with E-state index >= 15 is 0 Å². The van der Waals surface area contributed by atoms with Crippen molar-refractivity contribution in [2.24, 2.45) is 0 Å². The van der Waals surface area contributed by atoms with Crippen LogP contribution in [0.15, 0.2) is 24.3 Å². The lowest BCUT2D eigenvalue weighted by Gasteiger charge is -2.29. The van der Waals surface area contributed by atoms with Gasteiger partial charge in [0.15, 0.2) is 0 Å². The molecule has 0 atom stereocenters. The molecule has 0 bridgehead atoms. The van der Waals surface area contributed by atoms with Crippen LogP contribution in [0, 0.1) is 0 Å². The summed E-state index contributed by atoms with van der Waals surface area (Å²) >= 11 is 0. The van der Waals surface area contributed by atoms with Gasteiger partial charge in [-0.25, -0.2) is 0 Å². The summed E-state index contributed by atoms with van der Waals surface area (Å²) in [5.74, 6) is 0.949. The molecule has 0 unspecified atom stereocenters. The van der Waals surface area contributed by atoms with Crippen molar-refractivity contribution >= 4 is 11.6 Å². The summed E-state index contributed by atoms with van der Waals surface area (Å²) in [4.78, 5) is 13.8. The van der Waals surface area contributed by atoms with Gasteiger partial charge >= 0.3 is 0 Å². The second-order valence-corrected chi connectivity index (χ2v) is 5.44. The van der Waals surface area contributed by atoms with Crippen molar-refractivity contribution < 1.29 is 9.53 Å². The van der Waals surface area contributed by atoms with Gasteiger partial charge in [0.1, 0.15) is 11.9 Å². The molecule has 1 saturated heterocycles. The molecule has 1 aliphatic heterocycles. The normalized spacial score (nSPS) is 16.9. The largest absolute Gasteiger partial charge is 0.490 e. The van der Waals surface area contributed by atoms with E-state index in [0.29, 0.717) is 12.5 Å². The zero-order valence-electron chi connectivity index (χ0n) is 12.4. The second kappa shape index (κ2) is 7.29. The number of hydrogen-bond acceptors (Lipinski definition) is 3. The molecule has 20 heavy (non-hydrogen) atoms. The summed E-state index contributed by atoms with van der Waals surface area (Å²) < 4.78 is 5.97. The highest BCUT2D eigenvalue weighted by atomic mass is 16.5. The van der Waals surface area contributed by atoms with Gasteiger partial charge in [-0.3, -0.25) is 4.79 Å². The van der Waals surface area contributed by atoms with Crippen LogP contribution < -0.4 is 10.1 Å². The highest BCUT2D eigenvalue weighted by Crippen LogP contribution is 2.20. The highest BCUT2D eigenvalue weighted by Gasteiger charge is 2.17. The lowest BCUT2D eigenvalue weighted by atomic mass is 10.1. The number of hydrogen-bond donors (Lipinski definition) is 1. The van der Waals surface area contributed by atoms with E-state index in [0.717, 1.165) is 43.8 Å². The number of benzene rings is 1. The maximum absolute atomic E-state index is 11.5. The number of nitrogens with zero attached hydrogens (tertiary/aromatic N) is 1. The Morgan fingerprint density at radius 3 is 2.55 bits per heavy atom. The Balaban J connectivity index is 1.83. The molecule has 2 rings (SSSR count). The Morgan fingerprint density at radius 1 is 1.30 bits per heavy atom. The van der Waals surface area contributed by atoms with Gasteiger partial charge in [0.25, 0.3) is 0 Å². The first-order valence-corrected chi connectivity index (χ1v) is 7.42. The molecule has 110 valence electrons. The van der Waals surface area contributed by atoms with E-state index < -0.39 is 0 Å². The summed E-state index contributed by atoms with van der Waals surface area (Å²) in [5, 5.41) is 2.88. The summed E-state index contributed by atoms with van der Waals surface area (Å²) in [6, 6.07) is 7.66. The first-order chi connectivity index (χ1) is 9.67. The molecule has 0 aromatic heterocycles. The standard InChI is InChI=1S/C16H24N2O2/c1-3-4-16(19)17-13-5-7-14(8-6-13)20-15-9-11-18(2)12-10-15/h5-8,15H,3-4,9-12H2,1-2H3,(H,17,19). The lowest BCUT2D eigenvalue weighted by molar-refractivity contribution is -0.116. The smallest absolute Gasteiger partial charge is 0.224 e. The molecule has 1 amide bonds. The molecule has 0 spiro atoms. The van der Waals surface area contributed by atoms with Crippen LogP contribution in [0.3, 0.4) is 0 Å². The zero-order valence-corrected chi connectivity index (χ0v) is 12.4. The van der Waals surface area contributed by atoms with Gasteiger partial charge in [-0.05, 0) is 50.6 Å². The fourth-order valence-corrected chi connectivity index (χ4v) is 2.36. The first kappa shape index (κ1) is 14.9. The van der Waals surface area contributed by atoms with E-state index in [4.69, 9.17) is 4.74 Å². The number of nitrogens with one attached hydrogen (secondary N) is 1. The van der Waals surface area contributed by atoms with Crippen LogP contribution in [0.2, 0.25) is 0 Å². The van der Waals surface area contributed by atoms with E-state index in [1.807, 2.05) is 31.2 Å². The average molecular weight is 276 g/mol. The molecule has 1 aromatic rings. The van der Waals surface area contributed by atoms with Gasteiger partial charge in [0.2, 0.25) is 5.91 Å². The Bertz CT molecular complexity index is 423. The number of carbonyl (C=O) groups is 1. The third-order valence-corrected chi connectivity index (χ3v) is 3.58. The molecule has 0 radical (unpaired) electrons. The molecular weight excluding hydrogens is 252 g/mol. The van der Waals surface area contributed by atoms with Crippen LogP contribution >= 0.6 is 0 Å². The van der Waals surface area contributed by atoms with E-state index in [-0.39, 0.29) is 5.91 Å². The lowest BCUT2D eigenvalue weighted by Crippen LogP contribution is -2.35. The van der Waals surface area contributed by atoms with Gasteiger partial charge < -0.3 is 15.0 Å². The number of likely N-dealkylation sites (tertiary alicyclic amines) is 1. The predicted octanol–water partition coefficient (Wildman–Crippen LogP) is 2.90. The van der Waals surface area contributed by atoms with Crippen LogP contribution in [0.4, 0.5) is 5.69 Å². The molecule has 1 aliphatic rings. The van der Waals surface area contributed by atoms with Gasteiger partial charge in [0.05, 0.1) is 0 Å². The third kappa shape index (κ3) is 4.53. The average Bonchev–Trinajstić information content (AvgIpc) is 2.44. The Morgan fingerprint density at radius 2 is 1.95 bits per heavy atom. The maximum atomic E-state index is 11.5. The van der Waals surface area contributed by atoms with Crippen LogP contribution in [0.5, 0.6) is 5.75 Å². The van der Waals surface area contributed by atoms with Crippen molar-refractivity contribution in [2.45, 2.75) is 38.7 Å². The minimum Gasteiger partial charge on any atom is -0.490 e. The molecule has 0 saturated carbocycles. The number of ether oxygens (including phenoxy) is 1. The van der Waals surface area contributed by atoms with Crippen molar-refractivity contribution in [3.05, 3.63) is 24.3 Å². The van der Waals surface area contributed by atoms with Crippen molar-refractivity contribution in [1.82, 2.24) is 4.90 Å². The summed E-state index contributed by atoms with van der Waals surface area (Å²) in [6.07, 6.45) is 3.89. The van der Waals surface area contributed by atoms with Crippen LogP contribution in [-0.4, -0.2) is 37.0 Å². The molecule has 4 nitrogen and oxygen atoms in total. The Hall–Kier alpha value is -1.55. The number of amides is 1. The Kier molecular flexibility index (Phi) is 5.41. The molecular formula is C16H24N2O2.